The van der Waals surface area contributed by atoms with Crippen LogP contribution in [0.1, 0.15) is 17.0 Å². The van der Waals surface area contributed by atoms with E-state index in [1.165, 1.54) is 6.33 Å². The number of hydrogen-bond donors (Lipinski definition) is 2. The third kappa shape index (κ3) is 5.39. The maximum absolute atomic E-state index is 11.8. The number of nitrogens with one attached hydrogen (secondary N) is 1. The molecule has 2 N–H and O–H groups in total. The van der Waals surface area contributed by atoms with Gasteiger partial charge in [-0.2, -0.15) is 0 Å². The molecule has 1 amide bonds. The SMILES string of the molecule is Cc1cc(CC(NC(=O)OCc2ccccc2)C(=O)O)ncn1. The normalized spacial score (nSPS) is 11.5. The van der Waals surface area contributed by atoms with Gasteiger partial charge in [0.2, 0.25) is 0 Å². The summed E-state index contributed by atoms with van der Waals surface area (Å²) >= 11 is 0. The Morgan fingerprint density at radius 2 is 2.00 bits per heavy atom. The van der Waals surface area contributed by atoms with Gasteiger partial charge in [-0.05, 0) is 18.6 Å². The van der Waals surface area contributed by atoms with Crippen LogP contribution in [0.25, 0.3) is 0 Å². The van der Waals surface area contributed by atoms with Gasteiger partial charge in [-0.1, -0.05) is 30.3 Å². The second-order valence-corrected chi connectivity index (χ2v) is 4.95. The molecule has 0 aliphatic heterocycles. The molecule has 1 atom stereocenters. The van der Waals surface area contributed by atoms with Crippen molar-refractivity contribution in [3.8, 4) is 0 Å². The monoisotopic (exact) mass is 315 g/mol. The number of aliphatic carboxylic acids is 1. The molecule has 23 heavy (non-hydrogen) atoms. The Bertz CT molecular complexity index is 676. The molecule has 7 heteroatoms. The fourth-order valence-corrected chi connectivity index (χ4v) is 1.94. The van der Waals surface area contributed by atoms with E-state index in [1.807, 2.05) is 30.3 Å². The maximum Gasteiger partial charge on any atom is 0.408 e. The number of aryl methyl sites for hydroxylation is 1. The van der Waals surface area contributed by atoms with E-state index in [9.17, 15) is 14.7 Å². The molecule has 120 valence electrons. The lowest BCUT2D eigenvalue weighted by atomic mass is 10.1. The molecular formula is C16H17N3O4. The van der Waals surface area contributed by atoms with Gasteiger partial charge in [-0.15, -0.1) is 0 Å². The summed E-state index contributed by atoms with van der Waals surface area (Å²) in [4.78, 5) is 31.0. The fraction of sp³-hybridized carbons (Fsp3) is 0.250. The number of benzene rings is 1. The number of aromatic nitrogens is 2. The number of carbonyl (C=O) groups is 2. The number of carbonyl (C=O) groups excluding carboxylic acids is 1. The van der Waals surface area contributed by atoms with E-state index in [1.54, 1.807) is 13.0 Å². The predicted octanol–water partition coefficient (Wildman–Crippen LogP) is 1.71. The smallest absolute Gasteiger partial charge is 0.408 e. The average molecular weight is 315 g/mol. The molecule has 0 bridgehead atoms. The van der Waals surface area contributed by atoms with Crippen LogP contribution in [0.15, 0.2) is 42.7 Å². The highest BCUT2D eigenvalue weighted by Gasteiger charge is 2.22. The van der Waals surface area contributed by atoms with Crippen molar-refractivity contribution >= 4 is 12.1 Å². The molecule has 2 rings (SSSR count). The number of carboxylic acid groups (broad SMARTS) is 1. The van der Waals surface area contributed by atoms with E-state index < -0.39 is 18.1 Å². The minimum absolute atomic E-state index is 0.0547. The van der Waals surface area contributed by atoms with E-state index in [-0.39, 0.29) is 13.0 Å². The molecule has 1 aromatic carbocycles. The number of amides is 1. The Kier molecular flexibility index (Phi) is 5.62. The molecule has 1 aromatic heterocycles. The lowest BCUT2D eigenvalue weighted by Crippen LogP contribution is -2.42. The predicted molar refractivity (Wildman–Crippen MR) is 81.7 cm³/mol. The highest BCUT2D eigenvalue weighted by Crippen LogP contribution is 2.04. The Morgan fingerprint density at radius 3 is 2.65 bits per heavy atom. The minimum atomic E-state index is -1.15. The summed E-state index contributed by atoms with van der Waals surface area (Å²) in [5, 5.41) is 11.6. The number of carboxylic acids is 1. The van der Waals surface area contributed by atoms with Crippen molar-refractivity contribution in [2.75, 3.05) is 0 Å². The molecule has 1 unspecified atom stereocenters. The lowest BCUT2D eigenvalue weighted by molar-refractivity contribution is -0.139. The summed E-state index contributed by atoms with van der Waals surface area (Å²) in [7, 11) is 0. The van der Waals surface area contributed by atoms with Gasteiger partial charge in [0.15, 0.2) is 0 Å². The van der Waals surface area contributed by atoms with Gasteiger partial charge in [0.05, 0.1) is 0 Å². The summed E-state index contributed by atoms with van der Waals surface area (Å²) in [6.45, 7) is 1.86. The zero-order chi connectivity index (χ0) is 16.7. The van der Waals surface area contributed by atoms with Gasteiger partial charge >= 0.3 is 12.1 Å². The average Bonchev–Trinajstić information content (AvgIpc) is 2.53. The molecular weight excluding hydrogens is 298 g/mol. The molecule has 0 saturated heterocycles. The second kappa shape index (κ2) is 7.88. The number of nitrogens with zero attached hydrogens (tertiary/aromatic N) is 2. The molecule has 0 saturated carbocycles. The molecule has 0 aliphatic rings. The highest BCUT2D eigenvalue weighted by molar-refractivity contribution is 5.80. The summed E-state index contributed by atoms with van der Waals surface area (Å²) in [6.07, 6.45) is 0.628. The Morgan fingerprint density at radius 1 is 1.26 bits per heavy atom. The van der Waals surface area contributed by atoms with E-state index in [2.05, 4.69) is 15.3 Å². The lowest BCUT2D eigenvalue weighted by Gasteiger charge is -2.14. The van der Waals surface area contributed by atoms with Crippen molar-refractivity contribution in [2.45, 2.75) is 26.0 Å². The third-order valence-electron chi connectivity index (χ3n) is 3.08. The molecule has 0 aliphatic carbocycles. The molecule has 0 fully saturated rings. The number of hydrogen-bond acceptors (Lipinski definition) is 5. The first-order valence-electron chi connectivity index (χ1n) is 7.02. The maximum atomic E-state index is 11.8. The fourth-order valence-electron chi connectivity index (χ4n) is 1.94. The molecule has 7 nitrogen and oxygen atoms in total. The first-order chi connectivity index (χ1) is 11.0. The summed E-state index contributed by atoms with van der Waals surface area (Å²) in [5.41, 5.74) is 2.08. The Hall–Kier alpha value is -2.96. The first-order valence-corrected chi connectivity index (χ1v) is 7.02. The molecule has 0 spiro atoms. The van der Waals surface area contributed by atoms with Gasteiger partial charge in [0.25, 0.3) is 0 Å². The van der Waals surface area contributed by atoms with Crippen LogP contribution in [0.4, 0.5) is 4.79 Å². The van der Waals surface area contributed by atoms with E-state index >= 15 is 0 Å². The van der Waals surface area contributed by atoms with Crippen molar-refractivity contribution in [1.82, 2.24) is 15.3 Å². The van der Waals surface area contributed by atoms with Crippen LogP contribution in [0.3, 0.4) is 0 Å². The zero-order valence-corrected chi connectivity index (χ0v) is 12.6. The van der Waals surface area contributed by atoms with Gasteiger partial charge in [0.1, 0.15) is 19.0 Å². The van der Waals surface area contributed by atoms with E-state index in [0.29, 0.717) is 5.69 Å². The van der Waals surface area contributed by atoms with Gasteiger partial charge < -0.3 is 15.2 Å². The van der Waals surface area contributed by atoms with Crippen molar-refractivity contribution in [3.63, 3.8) is 0 Å². The number of alkyl carbamates (subject to hydrolysis) is 1. The molecule has 0 radical (unpaired) electrons. The largest absolute Gasteiger partial charge is 0.480 e. The Balaban J connectivity index is 1.91. The van der Waals surface area contributed by atoms with Crippen LogP contribution >= 0.6 is 0 Å². The van der Waals surface area contributed by atoms with Crippen LogP contribution < -0.4 is 5.32 Å². The van der Waals surface area contributed by atoms with Crippen molar-refractivity contribution in [2.24, 2.45) is 0 Å². The van der Waals surface area contributed by atoms with Gasteiger partial charge in [-0.3, -0.25) is 0 Å². The van der Waals surface area contributed by atoms with Crippen molar-refractivity contribution in [3.05, 3.63) is 59.7 Å². The third-order valence-corrected chi connectivity index (χ3v) is 3.08. The number of ether oxygens (including phenoxy) is 1. The summed E-state index contributed by atoms with van der Waals surface area (Å²) in [6, 6.07) is 9.69. The first kappa shape index (κ1) is 16.4. The summed E-state index contributed by atoms with van der Waals surface area (Å²) < 4.78 is 5.02. The topological polar surface area (TPSA) is 101 Å². The second-order valence-electron chi connectivity index (χ2n) is 4.95. The van der Waals surface area contributed by atoms with Gasteiger partial charge in [0, 0.05) is 17.8 Å². The number of rotatable bonds is 6. The molecule has 1 heterocycles. The quantitative estimate of drug-likeness (QED) is 0.841. The Labute approximate surface area is 133 Å². The zero-order valence-electron chi connectivity index (χ0n) is 12.6. The molecule has 2 aromatic rings. The van der Waals surface area contributed by atoms with Crippen LogP contribution in [0.5, 0.6) is 0 Å². The van der Waals surface area contributed by atoms with E-state index in [0.717, 1.165) is 11.3 Å². The van der Waals surface area contributed by atoms with Gasteiger partial charge in [-0.25, -0.2) is 19.6 Å². The van der Waals surface area contributed by atoms with Crippen LogP contribution in [0, 0.1) is 6.92 Å². The highest BCUT2D eigenvalue weighted by atomic mass is 16.5. The van der Waals surface area contributed by atoms with Crippen LogP contribution in [0.2, 0.25) is 0 Å². The summed E-state index contributed by atoms with van der Waals surface area (Å²) in [5.74, 6) is -1.15. The standard InChI is InChI=1S/C16H17N3O4/c1-11-7-13(18-10-17-11)8-14(15(20)21)19-16(22)23-9-12-5-3-2-4-6-12/h2-7,10,14H,8-9H2,1H3,(H,19,22)(H,20,21). The van der Waals surface area contributed by atoms with Crippen molar-refractivity contribution in [1.29, 1.82) is 0 Å². The van der Waals surface area contributed by atoms with Crippen molar-refractivity contribution < 1.29 is 19.4 Å². The van der Waals surface area contributed by atoms with Crippen LogP contribution in [-0.2, 0) is 22.6 Å². The van der Waals surface area contributed by atoms with E-state index in [4.69, 9.17) is 4.74 Å². The van der Waals surface area contributed by atoms with Crippen LogP contribution in [-0.4, -0.2) is 33.2 Å². The minimum Gasteiger partial charge on any atom is -0.480 e.